The van der Waals surface area contributed by atoms with E-state index < -0.39 is 23.9 Å². The second kappa shape index (κ2) is 21.1. The lowest BCUT2D eigenvalue weighted by Gasteiger charge is -2.25. The van der Waals surface area contributed by atoms with Crippen LogP contribution in [0.1, 0.15) is 113 Å². The highest BCUT2D eigenvalue weighted by Crippen LogP contribution is 2.11. The van der Waals surface area contributed by atoms with Gasteiger partial charge in [-0.1, -0.05) is 27.7 Å². The number of rotatable bonds is 23. The number of carbonyl (C=O) groups is 6. The number of ketones is 3. The van der Waals surface area contributed by atoms with Crippen molar-refractivity contribution in [2.45, 2.75) is 131 Å². The van der Waals surface area contributed by atoms with Crippen LogP contribution in [0, 0.1) is 11.8 Å². The van der Waals surface area contributed by atoms with Gasteiger partial charge < -0.3 is 20.9 Å². The van der Waals surface area contributed by atoms with Crippen LogP contribution in [-0.4, -0.2) is 77.7 Å². The number of hydrogen-bond acceptors (Lipinski definition) is 7. The summed E-state index contributed by atoms with van der Waals surface area (Å²) in [6, 6.07) is -1.09. The maximum atomic E-state index is 12.9. The predicted molar refractivity (Wildman–Crippen MR) is 161 cm³/mol. The summed E-state index contributed by atoms with van der Waals surface area (Å²) in [6.45, 7) is 17.6. The molecule has 10 nitrogen and oxygen atoms in total. The zero-order chi connectivity index (χ0) is 31.5. The smallest absolute Gasteiger partial charge is 0.223 e. The molecule has 0 bridgehead atoms. The van der Waals surface area contributed by atoms with Gasteiger partial charge in [-0.25, -0.2) is 0 Å². The van der Waals surface area contributed by atoms with Crippen molar-refractivity contribution in [2.75, 3.05) is 19.6 Å². The summed E-state index contributed by atoms with van der Waals surface area (Å²) in [5.41, 5.74) is 0. The number of carbonyl (C=O) groups excluding carboxylic acids is 6. The Balaban J connectivity index is 4.92. The molecule has 236 valence electrons. The number of unbranched alkanes of at least 4 members (excludes halogenated alkanes) is 1. The summed E-state index contributed by atoms with van der Waals surface area (Å²) in [6.07, 6.45) is 2.50. The molecule has 0 unspecified atom stereocenters. The van der Waals surface area contributed by atoms with Gasteiger partial charge in [0.15, 0.2) is 11.6 Å². The number of nitrogens with zero attached hydrogens (tertiary/aromatic N) is 1. The Hall–Kier alpha value is -2.62. The summed E-state index contributed by atoms with van der Waals surface area (Å²) < 4.78 is 0. The van der Waals surface area contributed by atoms with Crippen LogP contribution in [0.2, 0.25) is 0 Å². The molecule has 0 aromatic rings. The lowest BCUT2D eigenvalue weighted by molar-refractivity contribution is -0.132. The summed E-state index contributed by atoms with van der Waals surface area (Å²) in [7, 11) is 0. The lowest BCUT2D eigenvalue weighted by Crippen LogP contribution is -2.43. The molecule has 0 fully saturated rings. The van der Waals surface area contributed by atoms with E-state index in [9.17, 15) is 28.8 Å². The minimum Gasteiger partial charge on any atom is -0.356 e. The van der Waals surface area contributed by atoms with E-state index in [1.165, 1.54) is 0 Å². The minimum absolute atomic E-state index is 0.0102. The highest BCUT2D eigenvalue weighted by molar-refractivity contribution is 5.94. The van der Waals surface area contributed by atoms with Crippen LogP contribution in [0.3, 0.4) is 0 Å². The van der Waals surface area contributed by atoms with E-state index >= 15 is 0 Å². The molecular weight excluding hydrogens is 524 g/mol. The van der Waals surface area contributed by atoms with Crippen LogP contribution in [0.4, 0.5) is 0 Å². The third kappa shape index (κ3) is 17.7. The molecule has 0 saturated heterocycles. The molecule has 3 amide bonds. The van der Waals surface area contributed by atoms with Gasteiger partial charge in [0.05, 0.1) is 12.1 Å². The topological polar surface area (TPSA) is 142 Å². The van der Waals surface area contributed by atoms with Gasteiger partial charge in [0.1, 0.15) is 5.78 Å². The highest BCUT2D eigenvalue weighted by Gasteiger charge is 2.24. The molecule has 0 aromatic heterocycles. The fourth-order valence-corrected chi connectivity index (χ4v) is 4.58. The van der Waals surface area contributed by atoms with E-state index in [1.807, 2.05) is 20.8 Å². The fraction of sp³-hybridized carbons (Fsp3) is 0.806. The largest absolute Gasteiger partial charge is 0.356 e. The van der Waals surface area contributed by atoms with Gasteiger partial charge in [-0.05, 0) is 66.0 Å². The maximum absolute atomic E-state index is 12.9. The van der Waals surface area contributed by atoms with Crippen molar-refractivity contribution in [3.63, 3.8) is 0 Å². The van der Waals surface area contributed by atoms with Crippen molar-refractivity contribution in [3.05, 3.63) is 0 Å². The standard InChI is InChI=1S/C31H56N4O6/c1-9-32-29(39)16-15-28(38)26(13-11-12-18-35(10-2)22(5)6)34-30(40)17-14-27(37)24(8)33-31(41)23(7)20-25(36)19-21(3)4/h21-24,26H,9-20H2,1-8H3,(H,32,39)(H,33,41)(H,34,40)/t23-,24+,26+/m1/s1. The SMILES string of the molecule is CCNC(=O)CCC(=O)[C@H](CCCCN(CC)C(C)C)NC(=O)CCC(=O)[C@H](C)NC(=O)[C@H](C)CC(=O)CC(C)C. The molecule has 0 aliphatic rings. The Morgan fingerprint density at radius 2 is 1.32 bits per heavy atom. The van der Waals surface area contributed by atoms with Crippen LogP contribution >= 0.6 is 0 Å². The molecule has 10 heteroatoms. The molecule has 0 heterocycles. The van der Waals surface area contributed by atoms with E-state index in [-0.39, 0.29) is 67.2 Å². The molecule has 0 rings (SSSR count). The van der Waals surface area contributed by atoms with Crippen molar-refractivity contribution in [1.82, 2.24) is 20.9 Å². The van der Waals surface area contributed by atoms with Crippen LogP contribution in [0.5, 0.6) is 0 Å². The van der Waals surface area contributed by atoms with E-state index in [4.69, 9.17) is 0 Å². The number of hydrogen-bond donors (Lipinski definition) is 3. The average molecular weight is 581 g/mol. The minimum atomic E-state index is -0.796. The van der Waals surface area contributed by atoms with Crippen molar-refractivity contribution in [3.8, 4) is 0 Å². The Bertz CT molecular complexity index is 858. The molecule has 0 spiro atoms. The first-order chi connectivity index (χ1) is 19.2. The maximum Gasteiger partial charge on any atom is 0.223 e. The monoisotopic (exact) mass is 580 g/mol. The van der Waals surface area contributed by atoms with Crippen molar-refractivity contribution in [1.29, 1.82) is 0 Å². The Labute approximate surface area is 247 Å². The molecule has 3 N–H and O–H groups in total. The zero-order valence-corrected chi connectivity index (χ0v) is 26.8. The predicted octanol–water partition coefficient (Wildman–Crippen LogP) is 3.35. The van der Waals surface area contributed by atoms with Gasteiger partial charge in [0.2, 0.25) is 17.7 Å². The highest BCUT2D eigenvalue weighted by atomic mass is 16.2. The first kappa shape index (κ1) is 38.4. The van der Waals surface area contributed by atoms with Gasteiger partial charge >= 0.3 is 0 Å². The number of amides is 3. The van der Waals surface area contributed by atoms with Gasteiger partial charge in [-0.15, -0.1) is 0 Å². The first-order valence-electron chi connectivity index (χ1n) is 15.4. The Morgan fingerprint density at radius 3 is 1.88 bits per heavy atom. The average Bonchev–Trinajstić information content (AvgIpc) is 2.88. The number of nitrogens with one attached hydrogen (secondary N) is 3. The Morgan fingerprint density at radius 1 is 0.707 bits per heavy atom. The molecule has 0 aliphatic carbocycles. The zero-order valence-electron chi connectivity index (χ0n) is 26.8. The van der Waals surface area contributed by atoms with Crippen molar-refractivity contribution < 1.29 is 28.8 Å². The summed E-state index contributed by atoms with van der Waals surface area (Å²) >= 11 is 0. The van der Waals surface area contributed by atoms with Gasteiger partial charge in [-0.3, -0.25) is 28.8 Å². The summed E-state index contributed by atoms with van der Waals surface area (Å²) in [4.78, 5) is 76.9. The van der Waals surface area contributed by atoms with Gasteiger partial charge in [0, 0.05) is 57.0 Å². The van der Waals surface area contributed by atoms with E-state index in [0.29, 0.717) is 25.4 Å². The van der Waals surface area contributed by atoms with Crippen LogP contribution < -0.4 is 16.0 Å². The molecule has 3 atom stereocenters. The van der Waals surface area contributed by atoms with E-state index in [2.05, 4.69) is 41.6 Å². The molecule has 0 radical (unpaired) electrons. The molecule has 41 heavy (non-hydrogen) atoms. The third-order valence-electron chi connectivity index (χ3n) is 7.08. The molecular formula is C31H56N4O6. The van der Waals surface area contributed by atoms with E-state index in [0.717, 1.165) is 25.9 Å². The summed E-state index contributed by atoms with van der Waals surface area (Å²) in [5, 5.41) is 8.10. The van der Waals surface area contributed by atoms with Crippen molar-refractivity contribution in [2.24, 2.45) is 11.8 Å². The van der Waals surface area contributed by atoms with Crippen LogP contribution in [0.15, 0.2) is 0 Å². The summed E-state index contributed by atoms with van der Waals surface area (Å²) in [5.74, 6) is -1.82. The quantitative estimate of drug-likeness (QED) is 0.157. The Kier molecular flexibility index (Phi) is 19.8. The second-order valence-corrected chi connectivity index (χ2v) is 11.7. The first-order valence-corrected chi connectivity index (χ1v) is 15.4. The molecule has 0 aliphatic heterocycles. The molecule has 0 saturated carbocycles. The normalized spacial score (nSPS) is 13.5. The van der Waals surface area contributed by atoms with E-state index in [1.54, 1.807) is 13.8 Å². The van der Waals surface area contributed by atoms with Gasteiger partial charge in [-0.2, -0.15) is 0 Å². The van der Waals surface area contributed by atoms with Crippen LogP contribution in [0.25, 0.3) is 0 Å². The van der Waals surface area contributed by atoms with Crippen molar-refractivity contribution >= 4 is 35.1 Å². The fourth-order valence-electron chi connectivity index (χ4n) is 4.58. The molecule has 0 aromatic carbocycles. The second-order valence-electron chi connectivity index (χ2n) is 11.7. The lowest BCUT2D eigenvalue weighted by atomic mass is 9.97. The number of Topliss-reactive ketones (excluding diaryl/α,β-unsaturated/α-hetero) is 3. The van der Waals surface area contributed by atoms with Crippen LogP contribution in [-0.2, 0) is 28.8 Å². The van der Waals surface area contributed by atoms with Gasteiger partial charge in [0.25, 0.3) is 0 Å². The third-order valence-corrected chi connectivity index (χ3v) is 7.08.